The molecule has 0 bridgehead atoms. The predicted octanol–water partition coefficient (Wildman–Crippen LogP) is 1.61. The van der Waals surface area contributed by atoms with E-state index in [-0.39, 0.29) is 0 Å². The molecule has 7 heteroatoms. The lowest BCUT2D eigenvalue weighted by Crippen LogP contribution is -2.34. The van der Waals surface area contributed by atoms with Crippen LogP contribution in [0.25, 0.3) is 5.65 Å². The van der Waals surface area contributed by atoms with Crippen LogP contribution in [0.1, 0.15) is 30.3 Å². The summed E-state index contributed by atoms with van der Waals surface area (Å²) in [6.45, 7) is 3.82. The number of anilines is 1. The largest absolute Gasteiger partial charge is 0.355 e. The third-order valence-corrected chi connectivity index (χ3v) is 4.14. The second-order valence-corrected chi connectivity index (χ2v) is 5.59. The second kappa shape index (κ2) is 5.32. The maximum atomic E-state index is 4.56. The van der Waals surface area contributed by atoms with E-state index in [1.807, 2.05) is 31.3 Å². The minimum atomic E-state index is 0.511. The minimum absolute atomic E-state index is 0.511. The van der Waals surface area contributed by atoms with Gasteiger partial charge in [0.2, 0.25) is 0 Å². The molecule has 3 aromatic heterocycles. The molecular weight excluding hydrogens is 278 g/mol. The summed E-state index contributed by atoms with van der Waals surface area (Å²) >= 11 is 0. The van der Waals surface area contributed by atoms with Crippen molar-refractivity contribution in [2.45, 2.75) is 25.7 Å². The van der Waals surface area contributed by atoms with E-state index < -0.39 is 0 Å². The van der Waals surface area contributed by atoms with Crippen molar-refractivity contribution in [1.29, 1.82) is 0 Å². The number of rotatable bonds is 2. The number of aromatic nitrogens is 6. The first kappa shape index (κ1) is 13.1. The van der Waals surface area contributed by atoms with Gasteiger partial charge in [-0.1, -0.05) is 0 Å². The number of hydrogen-bond acceptors (Lipinski definition) is 6. The average molecular weight is 295 g/mol. The molecule has 3 aromatic rings. The van der Waals surface area contributed by atoms with Gasteiger partial charge in [0.05, 0.1) is 0 Å². The highest BCUT2D eigenvalue weighted by molar-refractivity contribution is 5.45. The van der Waals surface area contributed by atoms with Crippen LogP contribution in [-0.4, -0.2) is 42.9 Å². The Morgan fingerprint density at radius 2 is 1.95 bits per heavy atom. The number of hydrogen-bond donors (Lipinski definition) is 0. The Labute approximate surface area is 128 Å². The van der Waals surface area contributed by atoms with E-state index in [0.29, 0.717) is 5.92 Å². The summed E-state index contributed by atoms with van der Waals surface area (Å²) < 4.78 is 1.61. The first-order chi connectivity index (χ1) is 10.8. The summed E-state index contributed by atoms with van der Waals surface area (Å²) in [5.41, 5.74) is 1.93. The van der Waals surface area contributed by atoms with Crippen LogP contribution in [0.3, 0.4) is 0 Å². The Morgan fingerprint density at radius 1 is 1.09 bits per heavy atom. The van der Waals surface area contributed by atoms with Crippen molar-refractivity contribution in [2.75, 3.05) is 18.0 Å². The lowest BCUT2D eigenvalue weighted by Gasteiger charge is -2.32. The zero-order valence-electron chi connectivity index (χ0n) is 12.4. The number of aryl methyl sites for hydroxylation is 1. The van der Waals surface area contributed by atoms with Crippen molar-refractivity contribution in [1.82, 2.24) is 29.8 Å². The molecule has 0 N–H and O–H groups in total. The third kappa shape index (κ3) is 2.38. The summed E-state index contributed by atoms with van der Waals surface area (Å²) in [6, 6.07) is 6.01. The van der Waals surface area contributed by atoms with Crippen LogP contribution in [0.4, 0.5) is 5.82 Å². The quantitative estimate of drug-likeness (QED) is 0.715. The van der Waals surface area contributed by atoms with Crippen LogP contribution >= 0.6 is 0 Å². The summed E-state index contributed by atoms with van der Waals surface area (Å²) in [4.78, 5) is 15.0. The van der Waals surface area contributed by atoms with E-state index in [0.717, 1.165) is 48.9 Å². The van der Waals surface area contributed by atoms with Crippen molar-refractivity contribution in [2.24, 2.45) is 0 Å². The summed E-state index contributed by atoms with van der Waals surface area (Å²) in [7, 11) is 0. The molecule has 4 rings (SSSR count). The molecular formula is C15H17N7. The molecule has 7 nitrogen and oxygen atoms in total. The van der Waals surface area contributed by atoms with Crippen molar-refractivity contribution in [3.8, 4) is 0 Å². The molecule has 0 spiro atoms. The molecule has 1 aliphatic rings. The molecule has 1 saturated heterocycles. The molecule has 1 fully saturated rings. The van der Waals surface area contributed by atoms with Crippen molar-refractivity contribution in [3.05, 3.63) is 42.2 Å². The summed E-state index contributed by atoms with van der Waals surface area (Å²) in [5, 5.41) is 8.84. The molecule has 1 aliphatic heterocycles. The van der Waals surface area contributed by atoms with E-state index in [1.54, 1.807) is 11.0 Å². The Morgan fingerprint density at radius 3 is 2.73 bits per heavy atom. The van der Waals surface area contributed by atoms with Gasteiger partial charge >= 0.3 is 0 Å². The SMILES string of the molecule is Cc1nc2ccc(N3CCC(c4ccncn4)CC3)nn2n1. The number of nitrogens with zero attached hydrogens (tertiary/aromatic N) is 7. The topological polar surface area (TPSA) is 72.1 Å². The number of piperidine rings is 1. The molecule has 0 aliphatic carbocycles. The fourth-order valence-electron chi connectivity index (χ4n) is 2.99. The van der Waals surface area contributed by atoms with Gasteiger partial charge in [0.15, 0.2) is 11.5 Å². The Hall–Kier alpha value is -2.57. The van der Waals surface area contributed by atoms with Crippen LogP contribution < -0.4 is 4.90 Å². The number of fused-ring (bicyclic) bond motifs is 1. The van der Waals surface area contributed by atoms with Gasteiger partial charge in [-0.2, -0.15) is 0 Å². The van der Waals surface area contributed by atoms with Gasteiger partial charge in [-0.15, -0.1) is 14.8 Å². The van der Waals surface area contributed by atoms with Crippen LogP contribution in [0.2, 0.25) is 0 Å². The van der Waals surface area contributed by atoms with E-state index >= 15 is 0 Å². The van der Waals surface area contributed by atoms with E-state index in [1.165, 1.54) is 0 Å². The molecule has 0 radical (unpaired) electrons. The average Bonchev–Trinajstić information content (AvgIpc) is 2.95. The van der Waals surface area contributed by atoms with Crippen LogP contribution in [0.15, 0.2) is 30.7 Å². The summed E-state index contributed by atoms with van der Waals surface area (Å²) in [5.74, 6) is 2.21. The van der Waals surface area contributed by atoms with Crippen LogP contribution in [0.5, 0.6) is 0 Å². The van der Waals surface area contributed by atoms with Crippen LogP contribution in [-0.2, 0) is 0 Å². The van der Waals surface area contributed by atoms with Crippen molar-refractivity contribution in [3.63, 3.8) is 0 Å². The fraction of sp³-hybridized carbons (Fsp3) is 0.400. The monoisotopic (exact) mass is 295 g/mol. The van der Waals surface area contributed by atoms with E-state index in [4.69, 9.17) is 0 Å². The highest BCUT2D eigenvalue weighted by Gasteiger charge is 2.22. The lowest BCUT2D eigenvalue weighted by atomic mass is 9.93. The normalized spacial score (nSPS) is 16.3. The van der Waals surface area contributed by atoms with Gasteiger partial charge < -0.3 is 4.90 Å². The fourth-order valence-corrected chi connectivity index (χ4v) is 2.99. The smallest absolute Gasteiger partial charge is 0.176 e. The standard InChI is InChI=1S/C15H17N7/c1-11-18-14-2-3-15(20-22(14)19-11)21-8-5-12(6-9-21)13-4-7-16-10-17-13/h2-4,7,10,12H,5-6,8-9H2,1H3. The van der Waals surface area contributed by atoms with Gasteiger partial charge in [-0.05, 0) is 38.0 Å². The van der Waals surface area contributed by atoms with Gasteiger partial charge in [0, 0.05) is 30.9 Å². The van der Waals surface area contributed by atoms with Crippen LogP contribution in [0, 0.1) is 6.92 Å². The highest BCUT2D eigenvalue weighted by Crippen LogP contribution is 2.28. The third-order valence-electron chi connectivity index (χ3n) is 4.14. The molecule has 4 heterocycles. The molecule has 0 saturated carbocycles. The van der Waals surface area contributed by atoms with Gasteiger partial charge in [0.25, 0.3) is 0 Å². The molecule has 0 unspecified atom stereocenters. The maximum Gasteiger partial charge on any atom is 0.176 e. The van der Waals surface area contributed by atoms with Crippen molar-refractivity contribution < 1.29 is 0 Å². The molecule has 0 amide bonds. The van der Waals surface area contributed by atoms with Gasteiger partial charge in [0.1, 0.15) is 12.2 Å². The Bertz CT molecular complexity index is 775. The van der Waals surface area contributed by atoms with Gasteiger partial charge in [-0.3, -0.25) is 0 Å². The molecule has 22 heavy (non-hydrogen) atoms. The zero-order chi connectivity index (χ0) is 14.9. The van der Waals surface area contributed by atoms with Gasteiger partial charge in [-0.25, -0.2) is 15.0 Å². The van der Waals surface area contributed by atoms with E-state index in [2.05, 4.69) is 30.0 Å². The summed E-state index contributed by atoms with van der Waals surface area (Å²) in [6.07, 6.45) is 5.60. The minimum Gasteiger partial charge on any atom is -0.355 e. The first-order valence-corrected chi connectivity index (χ1v) is 7.51. The molecule has 112 valence electrons. The Kier molecular flexibility index (Phi) is 3.17. The highest BCUT2D eigenvalue weighted by atomic mass is 15.5. The van der Waals surface area contributed by atoms with Crippen molar-refractivity contribution >= 4 is 11.5 Å². The predicted molar refractivity (Wildman–Crippen MR) is 81.7 cm³/mol. The zero-order valence-corrected chi connectivity index (χ0v) is 12.4. The Balaban J connectivity index is 1.50. The lowest BCUT2D eigenvalue weighted by molar-refractivity contribution is 0.490. The van der Waals surface area contributed by atoms with E-state index in [9.17, 15) is 0 Å². The molecule has 0 aromatic carbocycles. The first-order valence-electron chi connectivity index (χ1n) is 7.51. The molecule has 0 atom stereocenters. The second-order valence-electron chi connectivity index (χ2n) is 5.59. The maximum absolute atomic E-state index is 4.56.